The third-order valence-electron chi connectivity index (χ3n) is 2.75. The van der Waals surface area contributed by atoms with Gasteiger partial charge in [0.25, 0.3) is 0 Å². The number of rotatable bonds is 7. The monoisotopic (exact) mass is 268 g/mol. The second kappa shape index (κ2) is 7.92. The Morgan fingerprint density at radius 3 is 2.07 bits per heavy atom. The van der Waals surface area contributed by atoms with E-state index in [2.05, 4.69) is 47.1 Å². The minimum atomic E-state index is 1.13. The molecule has 0 bridgehead atoms. The smallest absolute Gasteiger partial charge is 0.00314 e. The molecule has 0 aliphatic carbocycles. The maximum Gasteiger partial charge on any atom is 0.00314 e. The summed E-state index contributed by atoms with van der Waals surface area (Å²) in [5.74, 6) is 0. The number of unbranched alkanes of at least 4 members (excludes halogenated alkanes) is 2. The van der Waals surface area contributed by atoms with E-state index in [1.54, 1.807) is 11.1 Å². The van der Waals surface area contributed by atoms with E-state index in [1.807, 2.05) is 0 Å². The van der Waals surface area contributed by atoms with Gasteiger partial charge >= 0.3 is 0 Å². The van der Waals surface area contributed by atoms with Crippen molar-refractivity contribution in [2.45, 2.75) is 45.4 Å². The fraction of sp³-hybridized carbons (Fsp3) is 0.571. The lowest BCUT2D eigenvalue weighted by atomic mass is 9.98. The van der Waals surface area contributed by atoms with Crippen LogP contribution in [-0.4, -0.2) is 5.33 Å². The van der Waals surface area contributed by atoms with Gasteiger partial charge in [0.1, 0.15) is 0 Å². The van der Waals surface area contributed by atoms with Gasteiger partial charge in [-0.1, -0.05) is 53.5 Å². The Morgan fingerprint density at radius 2 is 1.53 bits per heavy atom. The highest BCUT2D eigenvalue weighted by molar-refractivity contribution is 9.09. The molecule has 0 saturated heterocycles. The number of aryl methyl sites for hydroxylation is 2. The summed E-state index contributed by atoms with van der Waals surface area (Å²) in [7, 11) is 0. The third-order valence-corrected chi connectivity index (χ3v) is 3.31. The molecule has 0 saturated carbocycles. The number of benzene rings is 1. The highest BCUT2D eigenvalue weighted by Crippen LogP contribution is 2.15. The number of hydrogen-bond acceptors (Lipinski definition) is 0. The standard InChI is InChI=1S/C14H21Br/c1-2-3-8-13-9-4-5-10-14(13)11-6-7-12-15/h4-5,9-10H,2-3,6-8,11-12H2,1H3. The molecule has 0 amide bonds. The summed E-state index contributed by atoms with van der Waals surface area (Å²) < 4.78 is 0. The van der Waals surface area contributed by atoms with Crippen LogP contribution >= 0.6 is 15.9 Å². The van der Waals surface area contributed by atoms with Crippen molar-refractivity contribution in [3.8, 4) is 0 Å². The maximum absolute atomic E-state index is 3.48. The predicted octanol–water partition coefficient (Wildman–Crippen LogP) is 4.75. The average Bonchev–Trinajstić information content (AvgIpc) is 2.28. The highest BCUT2D eigenvalue weighted by Gasteiger charge is 2.00. The molecule has 0 unspecified atom stereocenters. The van der Waals surface area contributed by atoms with Gasteiger partial charge < -0.3 is 0 Å². The van der Waals surface area contributed by atoms with E-state index >= 15 is 0 Å². The van der Waals surface area contributed by atoms with Crippen molar-refractivity contribution in [2.24, 2.45) is 0 Å². The first-order valence-electron chi connectivity index (χ1n) is 6.01. The minimum absolute atomic E-state index is 1.13. The van der Waals surface area contributed by atoms with Crippen LogP contribution in [0.4, 0.5) is 0 Å². The fourth-order valence-electron chi connectivity index (χ4n) is 1.82. The lowest BCUT2D eigenvalue weighted by Gasteiger charge is -2.08. The zero-order valence-electron chi connectivity index (χ0n) is 9.64. The molecule has 0 aliphatic heterocycles. The van der Waals surface area contributed by atoms with Crippen molar-refractivity contribution in [1.29, 1.82) is 0 Å². The summed E-state index contributed by atoms with van der Waals surface area (Å²) in [5.41, 5.74) is 3.13. The number of alkyl halides is 1. The van der Waals surface area contributed by atoms with Crippen molar-refractivity contribution in [1.82, 2.24) is 0 Å². The highest BCUT2D eigenvalue weighted by atomic mass is 79.9. The van der Waals surface area contributed by atoms with E-state index in [-0.39, 0.29) is 0 Å². The van der Waals surface area contributed by atoms with Gasteiger partial charge in [-0.15, -0.1) is 0 Å². The van der Waals surface area contributed by atoms with E-state index in [0.717, 1.165) is 5.33 Å². The van der Waals surface area contributed by atoms with E-state index in [9.17, 15) is 0 Å². The van der Waals surface area contributed by atoms with Crippen LogP contribution in [0.3, 0.4) is 0 Å². The van der Waals surface area contributed by atoms with E-state index < -0.39 is 0 Å². The van der Waals surface area contributed by atoms with Crippen molar-refractivity contribution < 1.29 is 0 Å². The molecule has 1 heteroatoms. The van der Waals surface area contributed by atoms with E-state index in [4.69, 9.17) is 0 Å². The fourth-order valence-corrected chi connectivity index (χ4v) is 2.22. The summed E-state index contributed by atoms with van der Waals surface area (Å²) in [6.07, 6.45) is 7.67. The molecule has 0 heterocycles. The SMILES string of the molecule is CCCCc1ccccc1CCCCBr. The van der Waals surface area contributed by atoms with Crippen LogP contribution in [0.5, 0.6) is 0 Å². The van der Waals surface area contributed by atoms with Gasteiger partial charge in [-0.25, -0.2) is 0 Å². The van der Waals surface area contributed by atoms with Gasteiger partial charge in [-0.05, 0) is 43.2 Å². The molecular formula is C14H21Br. The third kappa shape index (κ3) is 4.83. The Bertz CT molecular complexity index is 268. The molecule has 0 aromatic heterocycles. The first kappa shape index (κ1) is 12.8. The van der Waals surface area contributed by atoms with E-state index in [1.165, 1.54) is 38.5 Å². The van der Waals surface area contributed by atoms with Crippen LogP contribution < -0.4 is 0 Å². The summed E-state index contributed by atoms with van der Waals surface area (Å²) in [5, 5.41) is 1.13. The van der Waals surface area contributed by atoms with Gasteiger partial charge in [0, 0.05) is 5.33 Å². The van der Waals surface area contributed by atoms with Crippen LogP contribution in [0.1, 0.15) is 43.7 Å². The van der Waals surface area contributed by atoms with Crippen LogP contribution in [0.25, 0.3) is 0 Å². The zero-order chi connectivity index (χ0) is 10.9. The van der Waals surface area contributed by atoms with Gasteiger partial charge in [0.05, 0.1) is 0 Å². The van der Waals surface area contributed by atoms with Crippen molar-refractivity contribution >= 4 is 15.9 Å². The van der Waals surface area contributed by atoms with Crippen LogP contribution in [0, 0.1) is 0 Å². The lowest BCUT2D eigenvalue weighted by Crippen LogP contribution is -1.94. The number of halogens is 1. The quantitative estimate of drug-likeness (QED) is 0.495. The molecule has 84 valence electrons. The maximum atomic E-state index is 3.48. The second-order valence-electron chi connectivity index (χ2n) is 4.02. The molecule has 0 spiro atoms. The van der Waals surface area contributed by atoms with Crippen LogP contribution in [0.2, 0.25) is 0 Å². The first-order chi connectivity index (χ1) is 7.38. The van der Waals surface area contributed by atoms with Crippen molar-refractivity contribution in [3.05, 3.63) is 35.4 Å². The first-order valence-corrected chi connectivity index (χ1v) is 7.13. The molecule has 0 N–H and O–H groups in total. The number of hydrogen-bond donors (Lipinski definition) is 0. The molecule has 1 aromatic rings. The molecule has 0 fully saturated rings. The van der Waals surface area contributed by atoms with E-state index in [0.29, 0.717) is 0 Å². The lowest BCUT2D eigenvalue weighted by molar-refractivity contribution is 0.762. The summed E-state index contributed by atoms with van der Waals surface area (Å²) in [4.78, 5) is 0. The Morgan fingerprint density at radius 1 is 0.933 bits per heavy atom. The molecule has 0 aliphatic rings. The van der Waals surface area contributed by atoms with Gasteiger partial charge in [-0.2, -0.15) is 0 Å². The summed E-state index contributed by atoms with van der Waals surface area (Å²) in [6.45, 7) is 2.26. The Hall–Kier alpha value is -0.300. The van der Waals surface area contributed by atoms with Crippen LogP contribution in [0.15, 0.2) is 24.3 Å². The molecular weight excluding hydrogens is 248 g/mol. The average molecular weight is 269 g/mol. The topological polar surface area (TPSA) is 0 Å². The largest absolute Gasteiger partial charge is 0.0928 e. The van der Waals surface area contributed by atoms with Gasteiger partial charge in [0.2, 0.25) is 0 Å². The second-order valence-corrected chi connectivity index (χ2v) is 4.81. The molecule has 0 atom stereocenters. The van der Waals surface area contributed by atoms with Crippen molar-refractivity contribution in [3.63, 3.8) is 0 Å². The normalized spacial score (nSPS) is 10.5. The molecule has 15 heavy (non-hydrogen) atoms. The molecule has 1 aromatic carbocycles. The zero-order valence-corrected chi connectivity index (χ0v) is 11.2. The Labute approximate surface area is 102 Å². The Kier molecular flexibility index (Phi) is 6.74. The van der Waals surface area contributed by atoms with Gasteiger partial charge in [-0.3, -0.25) is 0 Å². The summed E-state index contributed by atoms with van der Waals surface area (Å²) >= 11 is 3.48. The molecule has 0 radical (unpaired) electrons. The van der Waals surface area contributed by atoms with Crippen molar-refractivity contribution in [2.75, 3.05) is 5.33 Å². The van der Waals surface area contributed by atoms with Crippen LogP contribution in [-0.2, 0) is 12.8 Å². The summed E-state index contributed by atoms with van der Waals surface area (Å²) in [6, 6.07) is 8.91. The Balaban J connectivity index is 2.52. The minimum Gasteiger partial charge on any atom is -0.0928 e. The molecule has 1 rings (SSSR count). The predicted molar refractivity (Wildman–Crippen MR) is 71.8 cm³/mol. The molecule has 0 nitrogen and oxygen atoms in total. The van der Waals surface area contributed by atoms with Gasteiger partial charge in [0.15, 0.2) is 0 Å².